The molecule has 0 heterocycles. The van der Waals surface area contributed by atoms with E-state index in [1.165, 1.54) is 31.3 Å². The Morgan fingerprint density at radius 1 is 1.03 bits per heavy atom. The topological polar surface area (TPSA) is 105 Å². The maximum atomic E-state index is 13.4. The number of nitrogens with one attached hydrogen (secondary N) is 1. The molecule has 0 saturated carbocycles. The van der Waals surface area contributed by atoms with Crippen LogP contribution in [-0.2, 0) is 26.0 Å². The number of hydrogen-bond donors (Lipinski definition) is 1. The van der Waals surface area contributed by atoms with Gasteiger partial charge in [0.25, 0.3) is 0 Å². The molecular weight excluding hydrogens is 458 g/mol. The number of sulfonamides is 1. The van der Waals surface area contributed by atoms with E-state index in [0.29, 0.717) is 24.5 Å². The second kappa shape index (κ2) is 12.3. The fourth-order valence-electron chi connectivity index (χ4n) is 3.49. The summed E-state index contributed by atoms with van der Waals surface area (Å²) in [7, 11) is -0.909. The molecule has 0 radical (unpaired) electrons. The van der Waals surface area contributed by atoms with Crippen LogP contribution < -0.4 is 19.1 Å². The van der Waals surface area contributed by atoms with Gasteiger partial charge in [0.1, 0.15) is 12.6 Å². The number of rotatable bonds is 12. The number of benzene rings is 2. The van der Waals surface area contributed by atoms with Crippen LogP contribution in [-0.4, -0.2) is 71.3 Å². The molecule has 1 N–H and O–H groups in total. The van der Waals surface area contributed by atoms with Crippen molar-refractivity contribution < 1.29 is 27.5 Å². The van der Waals surface area contributed by atoms with Crippen LogP contribution in [0.5, 0.6) is 11.5 Å². The highest BCUT2D eigenvalue weighted by atomic mass is 32.2. The summed E-state index contributed by atoms with van der Waals surface area (Å²) in [6.07, 6.45) is 1.55. The van der Waals surface area contributed by atoms with Crippen LogP contribution in [0.25, 0.3) is 0 Å². The van der Waals surface area contributed by atoms with Gasteiger partial charge in [-0.3, -0.25) is 13.9 Å². The number of anilines is 1. The minimum atomic E-state index is -3.83. The van der Waals surface area contributed by atoms with E-state index in [4.69, 9.17) is 9.47 Å². The van der Waals surface area contributed by atoms with E-state index >= 15 is 0 Å². The summed E-state index contributed by atoms with van der Waals surface area (Å²) in [5.41, 5.74) is 1.26. The lowest BCUT2D eigenvalue weighted by atomic mass is 10.1. The molecule has 0 bridgehead atoms. The first-order valence-electron chi connectivity index (χ1n) is 10.9. The predicted molar refractivity (Wildman–Crippen MR) is 132 cm³/mol. The summed E-state index contributed by atoms with van der Waals surface area (Å²) in [5.74, 6) is -0.0334. The Bertz CT molecular complexity index is 1080. The van der Waals surface area contributed by atoms with Crippen molar-refractivity contribution in [3.05, 3.63) is 54.1 Å². The van der Waals surface area contributed by atoms with Gasteiger partial charge in [0.2, 0.25) is 21.8 Å². The first-order chi connectivity index (χ1) is 16.1. The van der Waals surface area contributed by atoms with Gasteiger partial charge >= 0.3 is 0 Å². The van der Waals surface area contributed by atoms with Crippen LogP contribution in [0.4, 0.5) is 5.69 Å². The minimum absolute atomic E-state index is 0.252. The Balaban J connectivity index is 2.35. The Morgan fingerprint density at radius 2 is 1.68 bits per heavy atom. The Hall–Kier alpha value is -3.27. The van der Waals surface area contributed by atoms with Crippen LogP contribution >= 0.6 is 0 Å². The van der Waals surface area contributed by atoms with E-state index in [2.05, 4.69) is 5.32 Å². The summed E-state index contributed by atoms with van der Waals surface area (Å²) < 4.78 is 36.8. The van der Waals surface area contributed by atoms with Crippen molar-refractivity contribution in [2.45, 2.75) is 26.3 Å². The third-order valence-corrected chi connectivity index (χ3v) is 6.48. The minimum Gasteiger partial charge on any atom is -0.493 e. The lowest BCUT2D eigenvalue weighted by molar-refractivity contribution is -0.138. The average Bonchev–Trinajstić information content (AvgIpc) is 2.82. The van der Waals surface area contributed by atoms with Gasteiger partial charge in [-0.25, -0.2) is 8.42 Å². The molecule has 10 heteroatoms. The highest BCUT2D eigenvalue weighted by Gasteiger charge is 2.30. The number of ether oxygens (including phenoxy) is 2. The summed E-state index contributed by atoms with van der Waals surface area (Å²) in [6, 6.07) is 13.4. The normalized spacial score (nSPS) is 11.9. The fourth-order valence-corrected chi connectivity index (χ4v) is 4.33. The molecular formula is C24H33N3O6S. The number of likely N-dealkylation sites (N-methyl/N-ethyl adjacent to an activating group) is 1. The SMILES string of the molecule is CCNC(=O)[C@H](C)N(CCc1ccccc1)C(=O)CN(c1ccc(OC)c(OC)c1)S(C)(=O)=O. The number of amides is 2. The van der Waals surface area contributed by atoms with Crippen LogP contribution in [0.3, 0.4) is 0 Å². The van der Waals surface area contributed by atoms with E-state index < -0.39 is 28.5 Å². The standard InChI is InChI=1S/C24H33N3O6S/c1-6-25-24(29)18(2)26(15-14-19-10-8-7-9-11-19)23(28)17-27(34(5,30)31)20-12-13-21(32-3)22(16-20)33-4/h7-13,16,18H,6,14-15,17H2,1-5H3,(H,25,29)/t18-/m0/s1. The maximum Gasteiger partial charge on any atom is 0.244 e. The molecule has 0 aliphatic rings. The quantitative estimate of drug-likeness (QED) is 0.487. The third kappa shape index (κ3) is 7.11. The van der Waals surface area contributed by atoms with E-state index in [1.54, 1.807) is 19.9 Å². The van der Waals surface area contributed by atoms with Crippen molar-refractivity contribution in [1.29, 1.82) is 0 Å². The monoisotopic (exact) mass is 491 g/mol. The Labute approximate surface area is 201 Å². The number of hydrogen-bond acceptors (Lipinski definition) is 6. The van der Waals surface area contributed by atoms with Crippen LogP contribution in [0.1, 0.15) is 19.4 Å². The maximum absolute atomic E-state index is 13.4. The lowest BCUT2D eigenvalue weighted by Gasteiger charge is -2.31. The highest BCUT2D eigenvalue weighted by molar-refractivity contribution is 7.92. The molecule has 9 nitrogen and oxygen atoms in total. The van der Waals surface area contributed by atoms with Gasteiger partial charge in [-0.05, 0) is 38.0 Å². The van der Waals surface area contributed by atoms with Gasteiger partial charge in [-0.1, -0.05) is 30.3 Å². The van der Waals surface area contributed by atoms with Gasteiger partial charge in [-0.2, -0.15) is 0 Å². The van der Waals surface area contributed by atoms with Crippen LogP contribution in [0.2, 0.25) is 0 Å². The molecule has 0 fully saturated rings. The van der Waals surface area contributed by atoms with Crippen molar-refractivity contribution in [3.8, 4) is 11.5 Å². The zero-order valence-corrected chi connectivity index (χ0v) is 21.1. The van der Waals surface area contributed by atoms with Crippen molar-refractivity contribution in [1.82, 2.24) is 10.2 Å². The first-order valence-corrected chi connectivity index (χ1v) is 12.8. The van der Waals surface area contributed by atoms with Crippen molar-refractivity contribution in [2.75, 3.05) is 44.4 Å². The van der Waals surface area contributed by atoms with E-state index in [9.17, 15) is 18.0 Å². The molecule has 0 aliphatic heterocycles. The molecule has 0 aliphatic carbocycles. The lowest BCUT2D eigenvalue weighted by Crippen LogP contribution is -2.52. The molecule has 1 atom stereocenters. The second-order valence-corrected chi connectivity index (χ2v) is 9.61. The van der Waals surface area contributed by atoms with Gasteiger partial charge in [-0.15, -0.1) is 0 Å². The third-order valence-electron chi connectivity index (χ3n) is 5.34. The molecule has 186 valence electrons. The number of methoxy groups -OCH3 is 2. The van der Waals surface area contributed by atoms with Crippen molar-refractivity contribution in [2.24, 2.45) is 0 Å². The molecule has 0 saturated heterocycles. The van der Waals surface area contributed by atoms with Gasteiger partial charge in [0.05, 0.1) is 26.2 Å². The molecule has 0 aromatic heterocycles. The zero-order valence-electron chi connectivity index (χ0n) is 20.3. The van der Waals surface area contributed by atoms with Crippen LogP contribution in [0, 0.1) is 0 Å². The summed E-state index contributed by atoms with van der Waals surface area (Å²) in [4.78, 5) is 27.4. The van der Waals surface area contributed by atoms with E-state index in [0.717, 1.165) is 16.1 Å². The summed E-state index contributed by atoms with van der Waals surface area (Å²) in [5, 5.41) is 2.73. The zero-order chi connectivity index (χ0) is 25.3. The molecule has 2 aromatic carbocycles. The van der Waals surface area contributed by atoms with Crippen molar-refractivity contribution >= 4 is 27.5 Å². The molecule has 2 amide bonds. The number of nitrogens with zero attached hydrogens (tertiary/aromatic N) is 2. The predicted octanol–water partition coefficient (Wildman–Crippen LogP) is 2.07. The van der Waals surface area contributed by atoms with E-state index in [-0.39, 0.29) is 18.1 Å². The van der Waals surface area contributed by atoms with Gasteiger partial charge < -0.3 is 19.7 Å². The Morgan fingerprint density at radius 3 is 2.24 bits per heavy atom. The summed E-state index contributed by atoms with van der Waals surface area (Å²) >= 11 is 0. The molecule has 34 heavy (non-hydrogen) atoms. The van der Waals surface area contributed by atoms with Crippen molar-refractivity contribution in [3.63, 3.8) is 0 Å². The van der Waals surface area contributed by atoms with Crippen LogP contribution in [0.15, 0.2) is 48.5 Å². The molecule has 2 rings (SSSR count). The number of carbonyl (C=O) groups is 2. The summed E-state index contributed by atoms with van der Waals surface area (Å²) in [6.45, 7) is 3.64. The number of carbonyl (C=O) groups excluding carboxylic acids is 2. The molecule has 0 unspecified atom stereocenters. The average molecular weight is 492 g/mol. The van der Waals surface area contributed by atoms with Gasteiger partial charge in [0, 0.05) is 19.2 Å². The highest BCUT2D eigenvalue weighted by Crippen LogP contribution is 2.32. The Kier molecular flexibility index (Phi) is 9.73. The smallest absolute Gasteiger partial charge is 0.244 e. The largest absolute Gasteiger partial charge is 0.493 e. The first kappa shape index (κ1) is 27.0. The van der Waals surface area contributed by atoms with Gasteiger partial charge in [0.15, 0.2) is 11.5 Å². The molecule has 2 aromatic rings. The fraction of sp³-hybridized carbons (Fsp3) is 0.417. The molecule has 0 spiro atoms. The van der Waals surface area contributed by atoms with E-state index in [1.807, 2.05) is 30.3 Å². The second-order valence-electron chi connectivity index (χ2n) is 7.70.